The number of primary amides is 2. The number of unbranched alkanes of at least 4 members (excludes halogenated alkanes) is 14. The van der Waals surface area contributed by atoms with Crippen molar-refractivity contribution in [3.8, 4) is 0 Å². The molecule has 0 aromatic carbocycles. The van der Waals surface area contributed by atoms with Gasteiger partial charge in [0.2, 0.25) is 0 Å². The second-order valence-corrected chi connectivity index (χ2v) is 7.58. The molecule has 0 aliphatic heterocycles. The molecule has 7 nitrogen and oxygen atoms in total. The first kappa shape index (κ1) is 34.9. The number of rotatable bonds is 19. The van der Waals surface area contributed by atoms with Gasteiger partial charge >= 0.3 is 63.4 Å². The van der Waals surface area contributed by atoms with Crippen molar-refractivity contribution in [1.29, 1.82) is 0 Å². The van der Waals surface area contributed by atoms with Gasteiger partial charge in [-0.15, -0.1) is 0 Å². The van der Waals surface area contributed by atoms with Crippen LogP contribution in [-0.4, -0.2) is 41.5 Å². The molecule has 176 valence electrons. The van der Waals surface area contributed by atoms with Crippen LogP contribution in [0.5, 0.6) is 0 Å². The van der Waals surface area contributed by atoms with Gasteiger partial charge < -0.3 is 27.8 Å². The number of hydrogen-bond acceptors (Lipinski definition) is 5. The van der Waals surface area contributed by atoms with Crippen molar-refractivity contribution in [3.05, 3.63) is 0 Å². The molecule has 0 atom stereocenters. The molecule has 8 heteroatoms. The van der Waals surface area contributed by atoms with Gasteiger partial charge in [0.1, 0.15) is 6.10 Å². The number of amides is 2. The van der Waals surface area contributed by atoms with Crippen molar-refractivity contribution in [2.75, 3.05) is 13.2 Å². The van der Waals surface area contributed by atoms with Crippen LogP contribution >= 0.6 is 0 Å². The summed E-state index contributed by atoms with van der Waals surface area (Å²) in [6.45, 7) is 1.63. The van der Waals surface area contributed by atoms with Gasteiger partial charge in [-0.2, -0.15) is 0 Å². The number of esters is 1. The Balaban J connectivity index is -0.000000555. The Morgan fingerprint density at radius 1 is 0.733 bits per heavy atom. The molecule has 0 aromatic rings. The van der Waals surface area contributed by atoms with Crippen LogP contribution in [0.25, 0.3) is 0 Å². The van der Waals surface area contributed by atoms with E-state index in [4.69, 9.17) is 19.7 Å². The van der Waals surface area contributed by atoms with E-state index in [2.05, 4.69) is 18.4 Å². The summed E-state index contributed by atoms with van der Waals surface area (Å²) in [6, 6.07) is -0.833. The number of aliphatic hydroxyl groups is 2. The average Bonchev–Trinajstić information content (AvgIpc) is 2.68. The smallest absolute Gasteiger partial charge is 1.00 e. The van der Waals surface area contributed by atoms with Crippen LogP contribution in [0.2, 0.25) is 0 Å². The zero-order chi connectivity index (χ0) is 22.2. The van der Waals surface area contributed by atoms with Crippen LogP contribution < -0.4 is 62.9 Å². The van der Waals surface area contributed by atoms with Crippen LogP contribution in [0.3, 0.4) is 0 Å². The Hall–Kier alpha value is 0.296. The van der Waals surface area contributed by atoms with Crippen LogP contribution in [0.1, 0.15) is 111 Å². The summed E-state index contributed by atoms with van der Waals surface area (Å²) >= 11 is 0. The van der Waals surface area contributed by atoms with E-state index < -0.39 is 12.1 Å². The SMILES string of the molecule is CCCCCCCCCCCCCCCCCC(=O)OC(CO)CO.NC(N)=O.[H-].[K+]. The number of urea groups is 1. The maximum absolute atomic E-state index is 11.5. The van der Waals surface area contributed by atoms with E-state index in [0.29, 0.717) is 6.42 Å². The number of carbonyl (C=O) groups excluding carboxylic acids is 2. The molecule has 0 aliphatic rings. The van der Waals surface area contributed by atoms with Crippen LogP contribution in [0.15, 0.2) is 0 Å². The van der Waals surface area contributed by atoms with Gasteiger partial charge in [-0.3, -0.25) is 4.79 Å². The van der Waals surface area contributed by atoms with Gasteiger partial charge in [-0.1, -0.05) is 96.8 Å². The van der Waals surface area contributed by atoms with E-state index in [1.165, 1.54) is 83.5 Å². The summed E-state index contributed by atoms with van der Waals surface area (Å²) in [7, 11) is 0. The summed E-state index contributed by atoms with van der Waals surface area (Å²) < 4.78 is 4.93. The fourth-order valence-corrected chi connectivity index (χ4v) is 3.02. The number of aliphatic hydroxyl groups excluding tert-OH is 2. The Bertz CT molecular complexity index is 372. The molecular weight excluding hydrogens is 411 g/mol. The van der Waals surface area contributed by atoms with Gasteiger partial charge in [0, 0.05) is 6.42 Å². The minimum absolute atomic E-state index is 0. The van der Waals surface area contributed by atoms with E-state index in [-0.39, 0.29) is 72.0 Å². The standard InChI is InChI=1S/C21H42O4.CH4N2O.K.H/c1-2-3-4-5-6-7-8-9-10-11-12-13-14-15-16-17-21(24)25-20(18-22)19-23;2-1(3)4;;/h20,22-23H,2-19H2,1H3;(H4,2,3,4);;/q;;+1;-1. The van der Waals surface area contributed by atoms with Gasteiger partial charge in [0.15, 0.2) is 0 Å². The minimum atomic E-state index is -0.833. The predicted octanol–water partition coefficient (Wildman–Crippen LogP) is 1.28. The topological polar surface area (TPSA) is 136 Å². The first-order valence-corrected chi connectivity index (χ1v) is 11.4. The first-order chi connectivity index (χ1) is 14.0. The number of ether oxygens (including phenoxy) is 1. The van der Waals surface area contributed by atoms with E-state index in [9.17, 15) is 4.79 Å². The number of carbonyl (C=O) groups is 2. The minimum Gasteiger partial charge on any atom is -1.00 e. The summed E-state index contributed by atoms with van der Waals surface area (Å²) in [5.74, 6) is -0.317. The van der Waals surface area contributed by atoms with Crippen molar-refractivity contribution in [2.45, 2.75) is 116 Å². The summed E-state index contributed by atoms with van der Waals surface area (Å²) in [5.41, 5.74) is 8.50. The first-order valence-electron chi connectivity index (χ1n) is 11.4. The van der Waals surface area contributed by atoms with Gasteiger partial charge in [0.05, 0.1) is 13.2 Å². The Morgan fingerprint density at radius 3 is 1.33 bits per heavy atom. The number of hydrogen-bond donors (Lipinski definition) is 4. The zero-order valence-electron chi connectivity index (χ0n) is 20.6. The maximum Gasteiger partial charge on any atom is 1.00 e. The van der Waals surface area contributed by atoms with Crippen molar-refractivity contribution in [3.63, 3.8) is 0 Å². The molecule has 2 amide bonds. The van der Waals surface area contributed by atoms with Gasteiger partial charge in [0.25, 0.3) is 0 Å². The Labute approximate surface area is 228 Å². The average molecular weight is 459 g/mol. The summed E-state index contributed by atoms with van der Waals surface area (Å²) in [4.78, 5) is 20.5. The van der Waals surface area contributed by atoms with Gasteiger partial charge in [-0.05, 0) is 6.42 Å². The van der Waals surface area contributed by atoms with Gasteiger partial charge in [-0.25, -0.2) is 4.79 Å². The Morgan fingerprint density at radius 2 is 1.03 bits per heavy atom. The van der Waals surface area contributed by atoms with Crippen LogP contribution in [0.4, 0.5) is 4.79 Å². The molecule has 0 saturated carbocycles. The molecular formula is C22H47KN2O5. The van der Waals surface area contributed by atoms with Crippen molar-refractivity contribution in [1.82, 2.24) is 0 Å². The Kier molecular flexibility index (Phi) is 34.1. The zero-order valence-corrected chi connectivity index (χ0v) is 22.7. The number of nitrogens with two attached hydrogens (primary N) is 2. The van der Waals surface area contributed by atoms with E-state index in [0.717, 1.165) is 12.8 Å². The summed E-state index contributed by atoms with van der Waals surface area (Å²) in [6.07, 6.45) is 19.1. The molecule has 30 heavy (non-hydrogen) atoms. The largest absolute Gasteiger partial charge is 1.00 e. The monoisotopic (exact) mass is 458 g/mol. The maximum atomic E-state index is 11.5. The molecule has 0 bridgehead atoms. The van der Waals surface area contributed by atoms with Crippen molar-refractivity contribution in [2.24, 2.45) is 11.5 Å². The molecule has 0 fully saturated rings. The molecule has 0 heterocycles. The van der Waals surface area contributed by atoms with Crippen molar-refractivity contribution < 1.29 is 77.4 Å². The van der Waals surface area contributed by atoms with Crippen LogP contribution in [0, 0.1) is 0 Å². The molecule has 0 unspecified atom stereocenters. The molecule has 0 radical (unpaired) electrons. The van der Waals surface area contributed by atoms with E-state index in [1.54, 1.807) is 0 Å². The van der Waals surface area contributed by atoms with E-state index >= 15 is 0 Å². The molecule has 0 aliphatic carbocycles. The second kappa shape index (κ2) is 29.3. The third kappa shape index (κ3) is 32.9. The molecule has 0 spiro atoms. The molecule has 0 saturated heterocycles. The summed E-state index contributed by atoms with van der Waals surface area (Å²) in [5, 5.41) is 17.7. The third-order valence-corrected chi connectivity index (χ3v) is 4.69. The predicted molar refractivity (Wildman–Crippen MR) is 118 cm³/mol. The normalized spacial score (nSPS) is 10.1. The fourth-order valence-electron chi connectivity index (χ4n) is 3.02. The van der Waals surface area contributed by atoms with Crippen molar-refractivity contribution >= 4 is 12.0 Å². The molecule has 0 rings (SSSR count). The quantitative estimate of drug-likeness (QED) is 0.131. The fraction of sp³-hybridized carbons (Fsp3) is 0.909. The van der Waals surface area contributed by atoms with E-state index in [1.807, 2.05) is 0 Å². The van der Waals surface area contributed by atoms with Crippen LogP contribution in [-0.2, 0) is 9.53 Å². The third-order valence-electron chi connectivity index (χ3n) is 4.69. The second-order valence-electron chi connectivity index (χ2n) is 7.58. The molecule has 6 N–H and O–H groups in total. The molecule has 0 aromatic heterocycles.